The molecular formula is C32H36N6O4. The Hall–Kier alpha value is -5.04. The van der Waals surface area contributed by atoms with Gasteiger partial charge in [-0.1, -0.05) is 84.8 Å². The molecule has 3 rings (SSSR count). The van der Waals surface area contributed by atoms with Crippen LogP contribution in [0.5, 0.6) is 23.0 Å². The van der Waals surface area contributed by atoms with Gasteiger partial charge in [0.15, 0.2) is 25.0 Å². The maximum absolute atomic E-state index is 8.67. The summed E-state index contributed by atoms with van der Waals surface area (Å²) in [5, 5.41) is 6.92. The number of ether oxygens (including phenoxy) is 4. The van der Waals surface area contributed by atoms with Crippen LogP contribution in [0.25, 0.3) is 45.2 Å². The third kappa shape index (κ3) is 10.2. The zero-order valence-electron chi connectivity index (χ0n) is 24.4. The largest absolute Gasteiger partial charge is 0.491 e. The molecule has 0 amide bonds. The molecule has 0 bridgehead atoms. The molecule has 3 aromatic rings. The first-order valence-electron chi connectivity index (χ1n) is 13.8. The van der Waals surface area contributed by atoms with Gasteiger partial charge in [-0.05, 0) is 84.3 Å². The molecule has 0 aromatic heterocycles. The van der Waals surface area contributed by atoms with Crippen molar-refractivity contribution < 1.29 is 18.9 Å². The Morgan fingerprint density at radius 2 is 1.05 bits per heavy atom. The summed E-state index contributed by atoms with van der Waals surface area (Å²) >= 11 is 0. The number of azide groups is 2. The van der Waals surface area contributed by atoms with Gasteiger partial charge in [-0.2, -0.15) is 0 Å². The molecule has 0 heterocycles. The highest BCUT2D eigenvalue weighted by atomic mass is 16.6. The van der Waals surface area contributed by atoms with Crippen LogP contribution in [0.15, 0.2) is 70.9 Å². The fraction of sp³-hybridized carbons (Fsp3) is 0.312. The Morgan fingerprint density at radius 1 is 0.643 bits per heavy atom. The van der Waals surface area contributed by atoms with Crippen molar-refractivity contribution in [2.24, 2.45) is 10.2 Å². The second-order valence-corrected chi connectivity index (χ2v) is 9.43. The predicted octanol–water partition coefficient (Wildman–Crippen LogP) is 9.68. The van der Waals surface area contributed by atoms with Crippen molar-refractivity contribution >= 4 is 24.3 Å². The van der Waals surface area contributed by atoms with E-state index in [4.69, 9.17) is 30.0 Å². The monoisotopic (exact) mass is 568 g/mol. The summed E-state index contributed by atoms with van der Waals surface area (Å²) in [6.07, 6.45) is 9.77. The molecule has 2 atom stereocenters. The van der Waals surface area contributed by atoms with Crippen LogP contribution in [-0.2, 0) is 0 Å². The van der Waals surface area contributed by atoms with Crippen LogP contribution < -0.4 is 18.9 Å². The Morgan fingerprint density at radius 3 is 1.48 bits per heavy atom. The summed E-state index contributed by atoms with van der Waals surface area (Å²) in [6, 6.07) is 19.8. The van der Waals surface area contributed by atoms with Gasteiger partial charge in [0.1, 0.15) is 5.75 Å². The first kappa shape index (κ1) is 31.5. The lowest BCUT2D eigenvalue weighted by Crippen LogP contribution is -2.12. The van der Waals surface area contributed by atoms with E-state index in [1.54, 1.807) is 12.1 Å². The summed E-state index contributed by atoms with van der Waals surface area (Å²) in [6.45, 7) is 7.63. The van der Waals surface area contributed by atoms with Gasteiger partial charge in [0.2, 0.25) is 5.75 Å². The van der Waals surface area contributed by atoms with Crippen molar-refractivity contribution in [1.82, 2.24) is 0 Å². The van der Waals surface area contributed by atoms with Gasteiger partial charge in [-0.15, -0.1) is 0 Å². The number of nitrogens with zero attached hydrogens (tertiary/aromatic N) is 6. The molecule has 0 aliphatic carbocycles. The first-order valence-corrected chi connectivity index (χ1v) is 13.8. The fourth-order valence-corrected chi connectivity index (χ4v) is 3.63. The molecule has 0 aliphatic heterocycles. The van der Waals surface area contributed by atoms with Gasteiger partial charge < -0.3 is 18.9 Å². The summed E-state index contributed by atoms with van der Waals surface area (Å²) in [7, 11) is 0. The van der Waals surface area contributed by atoms with Crippen molar-refractivity contribution in [3.05, 3.63) is 104 Å². The second kappa shape index (κ2) is 16.9. The Bertz CT molecular complexity index is 1400. The van der Waals surface area contributed by atoms with Gasteiger partial charge in [0.05, 0.1) is 12.2 Å². The summed E-state index contributed by atoms with van der Waals surface area (Å²) in [4.78, 5) is 5.48. The normalized spacial score (nSPS) is 12.3. The van der Waals surface area contributed by atoms with Crippen LogP contribution in [-0.4, -0.2) is 25.7 Å². The maximum Gasteiger partial charge on any atom is 0.203 e. The molecule has 0 saturated heterocycles. The minimum Gasteiger partial charge on any atom is -0.491 e. The molecule has 10 nitrogen and oxygen atoms in total. The van der Waals surface area contributed by atoms with Gasteiger partial charge in [-0.3, -0.25) is 0 Å². The smallest absolute Gasteiger partial charge is 0.203 e. The summed E-state index contributed by atoms with van der Waals surface area (Å²) in [5.41, 5.74) is 21.2. The van der Waals surface area contributed by atoms with E-state index >= 15 is 0 Å². The van der Waals surface area contributed by atoms with E-state index in [1.807, 2.05) is 74.5 Å². The molecule has 2 unspecified atom stereocenters. The lowest BCUT2D eigenvalue weighted by atomic mass is 10.1. The van der Waals surface area contributed by atoms with Crippen molar-refractivity contribution in [2.45, 2.75) is 52.7 Å². The van der Waals surface area contributed by atoms with Crippen LogP contribution >= 0.6 is 0 Å². The predicted molar refractivity (Wildman–Crippen MR) is 167 cm³/mol. The van der Waals surface area contributed by atoms with Crippen molar-refractivity contribution in [3.63, 3.8) is 0 Å². The molecule has 3 aromatic carbocycles. The van der Waals surface area contributed by atoms with Gasteiger partial charge >= 0.3 is 0 Å². The quantitative estimate of drug-likeness (QED) is 0.0735. The molecular weight excluding hydrogens is 532 g/mol. The number of benzene rings is 3. The van der Waals surface area contributed by atoms with Gasteiger partial charge in [-0.25, -0.2) is 0 Å². The van der Waals surface area contributed by atoms with Gasteiger partial charge in [0.25, 0.3) is 0 Å². The van der Waals surface area contributed by atoms with Crippen LogP contribution in [0.3, 0.4) is 0 Å². The highest BCUT2D eigenvalue weighted by molar-refractivity contribution is 5.74. The number of rotatable bonds is 16. The highest BCUT2D eigenvalue weighted by Crippen LogP contribution is 2.40. The Balaban J connectivity index is 1.78. The van der Waals surface area contributed by atoms with Crippen LogP contribution in [0, 0.1) is 0 Å². The third-order valence-electron chi connectivity index (χ3n) is 6.28. The fourth-order valence-electron chi connectivity index (χ4n) is 3.63. The molecule has 10 heteroatoms. The van der Waals surface area contributed by atoms with E-state index in [1.165, 1.54) is 0 Å². The van der Waals surface area contributed by atoms with E-state index < -0.39 is 0 Å². The zero-order valence-corrected chi connectivity index (χ0v) is 24.4. The summed E-state index contributed by atoms with van der Waals surface area (Å²) < 4.78 is 23.3. The molecule has 42 heavy (non-hydrogen) atoms. The van der Waals surface area contributed by atoms with E-state index in [2.05, 4.69) is 46.1 Å². The molecule has 0 spiro atoms. The summed E-state index contributed by atoms with van der Waals surface area (Å²) in [5.74, 6) is 1.91. The zero-order chi connectivity index (χ0) is 30.2. The van der Waals surface area contributed by atoms with Crippen LogP contribution in [0.1, 0.15) is 62.8 Å². The molecule has 0 radical (unpaired) electrons. The highest BCUT2D eigenvalue weighted by Gasteiger charge is 2.17. The van der Waals surface area contributed by atoms with Crippen LogP contribution in [0.4, 0.5) is 0 Å². The molecule has 218 valence electrons. The average molecular weight is 569 g/mol. The average Bonchev–Trinajstić information content (AvgIpc) is 3.01. The first-order chi connectivity index (χ1) is 20.4. The minimum atomic E-state index is -0.221. The molecule has 0 fully saturated rings. The van der Waals surface area contributed by atoms with E-state index in [0.717, 1.165) is 40.8 Å². The van der Waals surface area contributed by atoms with Crippen LogP contribution in [0.2, 0.25) is 0 Å². The van der Waals surface area contributed by atoms with E-state index in [9.17, 15) is 0 Å². The van der Waals surface area contributed by atoms with Crippen molar-refractivity contribution in [3.8, 4) is 23.0 Å². The molecule has 0 saturated carbocycles. The molecule has 0 aliphatic rings. The Kier molecular flexibility index (Phi) is 12.7. The van der Waals surface area contributed by atoms with E-state index in [-0.39, 0.29) is 25.7 Å². The lowest BCUT2D eigenvalue weighted by Gasteiger charge is -2.20. The van der Waals surface area contributed by atoms with Crippen molar-refractivity contribution in [2.75, 3.05) is 13.5 Å². The maximum atomic E-state index is 8.67. The standard InChI is InChI=1S/C32H36N6O4/c1-5-23(3)41-29-17-15-27(16-18-29)12-11-25-7-9-26(10-8-25)13-14-28-19-30(39-21-35-37-33)32(42-24(4)6-2)31(20-28)40-22-36-38-34/h7-20,23-24H,5-6,21-22H2,1-4H3/b12-11+,14-13+. The second-order valence-electron chi connectivity index (χ2n) is 9.43. The molecule has 0 N–H and O–H groups in total. The third-order valence-corrected chi connectivity index (χ3v) is 6.28. The Labute approximate surface area is 246 Å². The lowest BCUT2D eigenvalue weighted by molar-refractivity contribution is 0.188. The minimum absolute atomic E-state index is 0.134. The SMILES string of the molecule is CCC(C)Oc1ccc(/C=C/c2ccc(/C=C/c3cc(OCN=[N+]=[N-])c(OC(C)CC)c(OCN=[N+]=[N-])c3)cc2)cc1. The number of hydrogen-bond acceptors (Lipinski definition) is 6. The van der Waals surface area contributed by atoms with E-state index in [0.29, 0.717) is 17.2 Å². The van der Waals surface area contributed by atoms with Gasteiger partial charge in [0, 0.05) is 9.82 Å². The topological polar surface area (TPSA) is 134 Å². The van der Waals surface area contributed by atoms with Crippen molar-refractivity contribution in [1.29, 1.82) is 0 Å². The number of hydrogen-bond donors (Lipinski definition) is 0.